The van der Waals surface area contributed by atoms with E-state index in [9.17, 15) is 0 Å². The number of allylic oxidation sites excluding steroid dienone is 1. The summed E-state index contributed by atoms with van der Waals surface area (Å²) >= 11 is 0. The van der Waals surface area contributed by atoms with E-state index in [1.165, 1.54) is 10.9 Å². The highest BCUT2D eigenvalue weighted by Gasteiger charge is 2.10. The van der Waals surface area contributed by atoms with E-state index in [1.807, 2.05) is 77.8 Å². The van der Waals surface area contributed by atoms with Crippen molar-refractivity contribution < 1.29 is 9.47 Å². The molecule has 0 saturated heterocycles. The number of H-pyrrole nitrogens is 1. The van der Waals surface area contributed by atoms with Crippen LogP contribution < -0.4 is 9.47 Å². The molecule has 240 valence electrons. The Morgan fingerprint density at radius 1 is 0.812 bits per heavy atom. The number of aryl methyl sites for hydroxylation is 2. The van der Waals surface area contributed by atoms with Gasteiger partial charge in [-0.1, -0.05) is 78.4 Å². The average molecular weight is 633 g/mol. The van der Waals surface area contributed by atoms with Crippen molar-refractivity contribution in [2.45, 2.75) is 26.7 Å². The SMILES string of the molecule is COc1cc(OCC2=CCCC=N2)ccc1/C=C/c1cc(/C=C/c2ccc3cc[nH]c3c2)n(-c2ccccc2C)n1.Cc1ccccc1. The standard InChI is InChI=1S/C35H32N4O2.C7H8/c1-25-7-3-4-9-34(25)39-31(16-11-26-10-12-27-18-20-37-33(27)21-26)22-29(38-39)15-13-28-14-17-32(23-35(28)40-2)41-24-30-8-5-6-19-36-30;1-7-5-3-2-4-6-7/h3-4,7-23,37H,5-6,24H2,1-2H3;2-6H,1H3/b15-13+,16-11+;. The van der Waals surface area contributed by atoms with Crippen molar-refractivity contribution in [1.29, 1.82) is 0 Å². The zero-order valence-corrected chi connectivity index (χ0v) is 27.6. The van der Waals surface area contributed by atoms with Crippen LogP contribution in [0.1, 0.15) is 46.5 Å². The molecule has 0 spiro atoms. The second-order valence-corrected chi connectivity index (χ2v) is 11.6. The average Bonchev–Trinajstić information content (AvgIpc) is 3.77. The van der Waals surface area contributed by atoms with Crippen LogP contribution in [0, 0.1) is 13.8 Å². The molecule has 0 atom stereocenters. The molecule has 0 unspecified atom stereocenters. The molecular formula is C42H40N4O2. The molecule has 1 aliphatic heterocycles. The lowest BCUT2D eigenvalue weighted by Crippen LogP contribution is -2.02. The molecule has 0 amide bonds. The maximum absolute atomic E-state index is 5.96. The van der Waals surface area contributed by atoms with Crippen LogP contribution in [0.2, 0.25) is 0 Å². The normalized spacial score (nSPS) is 12.7. The highest BCUT2D eigenvalue weighted by atomic mass is 16.5. The number of nitrogens with one attached hydrogen (secondary N) is 1. The van der Waals surface area contributed by atoms with Gasteiger partial charge in [0.05, 0.1) is 29.9 Å². The number of benzene rings is 4. The van der Waals surface area contributed by atoms with E-state index in [-0.39, 0.29) is 0 Å². The van der Waals surface area contributed by atoms with Gasteiger partial charge in [0.25, 0.3) is 0 Å². The number of aromatic nitrogens is 3. The molecule has 2 aromatic heterocycles. The Kier molecular flexibility index (Phi) is 10.4. The quantitative estimate of drug-likeness (QED) is 0.173. The molecule has 0 fully saturated rings. The van der Waals surface area contributed by atoms with Gasteiger partial charge in [0.2, 0.25) is 0 Å². The van der Waals surface area contributed by atoms with Gasteiger partial charge in [-0.15, -0.1) is 0 Å². The van der Waals surface area contributed by atoms with Crippen molar-refractivity contribution in [3.05, 3.63) is 155 Å². The van der Waals surface area contributed by atoms with Crippen molar-refractivity contribution in [1.82, 2.24) is 14.8 Å². The first-order valence-corrected chi connectivity index (χ1v) is 16.2. The van der Waals surface area contributed by atoms with Gasteiger partial charge < -0.3 is 14.5 Å². The summed E-state index contributed by atoms with van der Waals surface area (Å²) in [6, 6.07) is 35.0. The van der Waals surface area contributed by atoms with E-state index in [0.29, 0.717) is 6.61 Å². The Hall–Kier alpha value is -5.88. The number of para-hydroxylation sites is 1. The number of aliphatic imine (C=N–C) groups is 1. The third-order valence-corrected chi connectivity index (χ3v) is 8.02. The summed E-state index contributed by atoms with van der Waals surface area (Å²) in [5.74, 6) is 1.48. The van der Waals surface area contributed by atoms with Crippen LogP contribution in [-0.2, 0) is 0 Å². The van der Waals surface area contributed by atoms with E-state index in [4.69, 9.17) is 14.6 Å². The highest BCUT2D eigenvalue weighted by molar-refractivity contribution is 5.83. The van der Waals surface area contributed by atoms with Crippen LogP contribution in [0.4, 0.5) is 0 Å². The third-order valence-electron chi connectivity index (χ3n) is 8.02. The molecule has 0 aliphatic carbocycles. The predicted molar refractivity (Wildman–Crippen MR) is 200 cm³/mol. The lowest BCUT2D eigenvalue weighted by molar-refractivity contribution is 0.345. The van der Waals surface area contributed by atoms with Gasteiger partial charge in [-0.3, -0.25) is 4.99 Å². The number of ether oxygens (including phenoxy) is 2. The molecular weight excluding hydrogens is 592 g/mol. The van der Waals surface area contributed by atoms with Crippen LogP contribution in [0.25, 0.3) is 40.9 Å². The summed E-state index contributed by atoms with van der Waals surface area (Å²) in [5.41, 5.74) is 9.49. The lowest BCUT2D eigenvalue weighted by atomic mass is 10.1. The summed E-state index contributed by atoms with van der Waals surface area (Å²) in [6.45, 7) is 4.63. The van der Waals surface area contributed by atoms with Gasteiger partial charge in [0, 0.05) is 29.6 Å². The number of hydrogen-bond acceptors (Lipinski definition) is 4. The summed E-state index contributed by atoms with van der Waals surface area (Å²) in [5, 5.41) is 6.15. The monoisotopic (exact) mass is 632 g/mol. The van der Waals surface area contributed by atoms with Crippen molar-refractivity contribution in [3.8, 4) is 17.2 Å². The maximum Gasteiger partial charge on any atom is 0.130 e. The molecule has 1 N–H and O–H groups in total. The first-order valence-electron chi connectivity index (χ1n) is 16.2. The van der Waals surface area contributed by atoms with Crippen molar-refractivity contribution in [3.63, 3.8) is 0 Å². The molecule has 1 aliphatic rings. The number of fused-ring (bicyclic) bond motifs is 1. The summed E-state index contributed by atoms with van der Waals surface area (Å²) in [6.07, 6.45) is 16.3. The van der Waals surface area contributed by atoms with E-state index in [2.05, 4.69) is 96.6 Å². The minimum absolute atomic E-state index is 0.445. The Morgan fingerprint density at radius 3 is 2.44 bits per heavy atom. The Bertz CT molecular complexity index is 2100. The summed E-state index contributed by atoms with van der Waals surface area (Å²) < 4.78 is 13.6. The summed E-state index contributed by atoms with van der Waals surface area (Å²) in [7, 11) is 1.67. The second-order valence-electron chi connectivity index (χ2n) is 11.6. The molecule has 48 heavy (non-hydrogen) atoms. The van der Waals surface area contributed by atoms with Gasteiger partial charge in [-0.05, 0) is 97.8 Å². The molecule has 6 nitrogen and oxygen atoms in total. The number of rotatable bonds is 9. The van der Waals surface area contributed by atoms with Crippen LogP contribution in [0.5, 0.6) is 11.5 Å². The smallest absolute Gasteiger partial charge is 0.130 e. The second kappa shape index (κ2) is 15.6. The molecule has 7 rings (SSSR count). The van der Waals surface area contributed by atoms with Crippen LogP contribution in [0.15, 0.2) is 126 Å². The highest BCUT2D eigenvalue weighted by Crippen LogP contribution is 2.28. The number of nitrogens with zero attached hydrogens (tertiary/aromatic N) is 3. The Morgan fingerprint density at radius 2 is 1.67 bits per heavy atom. The Balaban J connectivity index is 0.000000510. The van der Waals surface area contributed by atoms with Gasteiger partial charge in [0.1, 0.15) is 18.1 Å². The topological polar surface area (TPSA) is 64.4 Å². The molecule has 6 heteroatoms. The molecule has 6 aromatic rings. The van der Waals surface area contributed by atoms with Crippen LogP contribution >= 0.6 is 0 Å². The van der Waals surface area contributed by atoms with E-state index in [0.717, 1.165) is 69.3 Å². The molecule has 0 saturated carbocycles. The van der Waals surface area contributed by atoms with Gasteiger partial charge >= 0.3 is 0 Å². The van der Waals surface area contributed by atoms with E-state index < -0.39 is 0 Å². The predicted octanol–water partition coefficient (Wildman–Crippen LogP) is 10.1. The van der Waals surface area contributed by atoms with Gasteiger partial charge in [-0.2, -0.15) is 5.10 Å². The Labute approximate surface area is 282 Å². The fraction of sp³-hybridized carbons (Fsp3) is 0.143. The fourth-order valence-electron chi connectivity index (χ4n) is 5.40. The van der Waals surface area contributed by atoms with Gasteiger partial charge in [0.15, 0.2) is 0 Å². The number of aromatic amines is 1. The zero-order valence-electron chi connectivity index (χ0n) is 27.6. The minimum Gasteiger partial charge on any atom is -0.496 e. The fourth-order valence-corrected chi connectivity index (χ4v) is 5.40. The van der Waals surface area contributed by atoms with E-state index in [1.54, 1.807) is 7.11 Å². The summed E-state index contributed by atoms with van der Waals surface area (Å²) in [4.78, 5) is 7.68. The molecule has 0 bridgehead atoms. The minimum atomic E-state index is 0.445. The molecule has 0 radical (unpaired) electrons. The van der Waals surface area contributed by atoms with Crippen molar-refractivity contribution in [2.75, 3.05) is 13.7 Å². The lowest BCUT2D eigenvalue weighted by Gasteiger charge is -2.11. The van der Waals surface area contributed by atoms with E-state index >= 15 is 0 Å². The number of hydrogen-bond donors (Lipinski definition) is 1. The van der Waals surface area contributed by atoms with Crippen LogP contribution in [0.3, 0.4) is 0 Å². The third kappa shape index (κ3) is 8.28. The van der Waals surface area contributed by atoms with Gasteiger partial charge in [-0.25, -0.2) is 4.68 Å². The molecule has 3 heterocycles. The molecule has 4 aromatic carbocycles. The van der Waals surface area contributed by atoms with Crippen LogP contribution in [-0.4, -0.2) is 34.7 Å². The largest absolute Gasteiger partial charge is 0.496 e. The van der Waals surface area contributed by atoms with Crippen molar-refractivity contribution >= 4 is 41.4 Å². The first-order chi connectivity index (χ1) is 23.6. The maximum atomic E-state index is 5.96. The first kappa shape index (κ1) is 32.1. The van der Waals surface area contributed by atoms with Crippen molar-refractivity contribution in [2.24, 2.45) is 4.99 Å². The zero-order chi connectivity index (χ0) is 33.1. The number of methoxy groups -OCH3 is 1.